The Hall–Kier alpha value is -1.02. The monoisotopic (exact) mass is 982 g/mol. The van der Waals surface area contributed by atoms with Gasteiger partial charge in [-0.3, -0.25) is 13.8 Å². The van der Waals surface area contributed by atoms with Gasteiger partial charge in [0.2, 0.25) is 5.91 Å². The van der Waals surface area contributed by atoms with E-state index in [1.807, 2.05) is 21.1 Å². The molecular formula is C59H118N2O6P+. The van der Waals surface area contributed by atoms with Gasteiger partial charge in [0, 0.05) is 6.42 Å². The molecule has 0 saturated carbocycles. The molecule has 0 aliphatic carbocycles. The molecule has 8 nitrogen and oxygen atoms in total. The zero-order chi connectivity index (χ0) is 49.9. The van der Waals surface area contributed by atoms with E-state index in [-0.39, 0.29) is 19.1 Å². The van der Waals surface area contributed by atoms with Crippen molar-refractivity contribution in [1.29, 1.82) is 0 Å². The molecule has 0 aliphatic heterocycles. The van der Waals surface area contributed by atoms with Crippen LogP contribution in [0.3, 0.4) is 0 Å². The molecule has 3 unspecified atom stereocenters. The van der Waals surface area contributed by atoms with Gasteiger partial charge in [0.15, 0.2) is 0 Å². The molecular weight excluding hydrogens is 864 g/mol. The molecule has 0 aromatic rings. The maximum absolute atomic E-state index is 13.0. The first kappa shape index (κ1) is 67.0. The first-order chi connectivity index (χ1) is 33.0. The predicted molar refractivity (Wildman–Crippen MR) is 295 cm³/mol. The van der Waals surface area contributed by atoms with Gasteiger partial charge in [0.05, 0.1) is 39.9 Å². The van der Waals surface area contributed by atoms with Crippen LogP contribution in [0.5, 0.6) is 0 Å². The van der Waals surface area contributed by atoms with Crippen LogP contribution in [0.25, 0.3) is 0 Å². The van der Waals surface area contributed by atoms with Crippen molar-refractivity contribution in [3.63, 3.8) is 0 Å². The molecule has 0 rings (SSSR count). The smallest absolute Gasteiger partial charge is 0.391 e. The van der Waals surface area contributed by atoms with Crippen molar-refractivity contribution in [3.05, 3.63) is 24.3 Å². The summed E-state index contributed by atoms with van der Waals surface area (Å²) in [4.78, 5) is 23.3. The molecule has 404 valence electrons. The van der Waals surface area contributed by atoms with E-state index in [2.05, 4.69) is 43.5 Å². The van der Waals surface area contributed by atoms with Crippen molar-refractivity contribution in [2.75, 3.05) is 40.9 Å². The molecule has 0 aromatic carbocycles. The number of likely N-dealkylation sites (N-methyl/N-ethyl adjacent to an activating group) is 1. The minimum Gasteiger partial charge on any atom is -0.391 e. The van der Waals surface area contributed by atoms with E-state index in [4.69, 9.17) is 9.05 Å². The minimum atomic E-state index is -4.33. The highest BCUT2D eigenvalue weighted by atomic mass is 31.2. The first-order valence-electron chi connectivity index (χ1n) is 29.7. The number of nitrogens with one attached hydrogen (secondary N) is 1. The number of carbonyl (C=O) groups excluding carboxylic acids is 1. The molecule has 3 N–H and O–H groups in total. The van der Waals surface area contributed by atoms with Crippen LogP contribution in [-0.2, 0) is 18.4 Å². The zero-order valence-corrected chi connectivity index (χ0v) is 47.0. The maximum Gasteiger partial charge on any atom is 0.472 e. The number of hydrogen-bond acceptors (Lipinski definition) is 5. The maximum atomic E-state index is 13.0. The third-order valence-corrected chi connectivity index (χ3v) is 14.7. The summed E-state index contributed by atoms with van der Waals surface area (Å²) in [5.41, 5.74) is 0. The number of amides is 1. The molecule has 68 heavy (non-hydrogen) atoms. The second kappa shape index (κ2) is 50.9. The number of aliphatic hydroxyl groups is 1. The van der Waals surface area contributed by atoms with Gasteiger partial charge in [0.25, 0.3) is 0 Å². The van der Waals surface area contributed by atoms with Crippen molar-refractivity contribution < 1.29 is 32.9 Å². The molecule has 0 aliphatic rings. The summed E-state index contributed by atoms with van der Waals surface area (Å²) in [5.74, 6) is -0.154. The summed E-state index contributed by atoms with van der Waals surface area (Å²) in [5, 5.41) is 14.1. The van der Waals surface area contributed by atoms with Crippen LogP contribution < -0.4 is 5.32 Å². The van der Waals surface area contributed by atoms with Gasteiger partial charge in [-0.05, 0) is 44.9 Å². The number of rotatable bonds is 55. The van der Waals surface area contributed by atoms with E-state index in [1.165, 1.54) is 205 Å². The average molecular weight is 983 g/mol. The van der Waals surface area contributed by atoms with Crippen LogP contribution in [0.15, 0.2) is 24.3 Å². The van der Waals surface area contributed by atoms with Gasteiger partial charge in [-0.2, -0.15) is 0 Å². The Morgan fingerprint density at radius 2 is 0.838 bits per heavy atom. The quantitative estimate of drug-likeness (QED) is 0.0243. The zero-order valence-electron chi connectivity index (χ0n) is 46.1. The molecule has 1 amide bonds. The highest BCUT2D eigenvalue weighted by Gasteiger charge is 2.28. The SMILES string of the molecule is CCCCCC/C=C\C/C=C\CCCCCCCC(=O)NC(COP(=O)(O)OCC[N+](C)(C)C)C(O)CCCCCCCCCCCCCCCCCCCCCCCCCCCCCCCC. The second-order valence-corrected chi connectivity index (χ2v) is 23.2. The normalized spacial score (nSPS) is 14.0. The van der Waals surface area contributed by atoms with Crippen LogP contribution >= 0.6 is 7.82 Å². The van der Waals surface area contributed by atoms with Crippen molar-refractivity contribution >= 4 is 13.7 Å². The van der Waals surface area contributed by atoms with E-state index >= 15 is 0 Å². The van der Waals surface area contributed by atoms with Crippen LogP contribution in [0, 0.1) is 0 Å². The molecule has 9 heteroatoms. The Labute approximate surface area is 424 Å². The molecule has 3 atom stereocenters. The van der Waals surface area contributed by atoms with Crippen LogP contribution in [-0.4, -0.2) is 73.4 Å². The fraction of sp³-hybridized carbons (Fsp3) is 0.915. The lowest BCUT2D eigenvalue weighted by molar-refractivity contribution is -0.870. The Bertz CT molecular complexity index is 1160. The highest BCUT2D eigenvalue weighted by Crippen LogP contribution is 2.43. The summed E-state index contributed by atoms with van der Waals surface area (Å²) in [6, 6.07) is -0.767. The molecule has 0 saturated heterocycles. The molecule has 0 fully saturated rings. The summed E-state index contributed by atoms with van der Waals surface area (Å²) >= 11 is 0. The van der Waals surface area contributed by atoms with E-state index in [9.17, 15) is 19.4 Å². The van der Waals surface area contributed by atoms with Crippen molar-refractivity contribution in [3.8, 4) is 0 Å². The Morgan fingerprint density at radius 1 is 0.500 bits per heavy atom. The first-order valence-corrected chi connectivity index (χ1v) is 31.2. The van der Waals surface area contributed by atoms with Gasteiger partial charge in [-0.1, -0.05) is 269 Å². The van der Waals surface area contributed by atoms with Gasteiger partial charge in [-0.15, -0.1) is 0 Å². The van der Waals surface area contributed by atoms with E-state index in [1.54, 1.807) is 0 Å². The Kier molecular flexibility index (Phi) is 50.1. The van der Waals surface area contributed by atoms with E-state index in [0.29, 0.717) is 23.9 Å². The van der Waals surface area contributed by atoms with E-state index in [0.717, 1.165) is 64.2 Å². The summed E-state index contributed by atoms with van der Waals surface area (Å²) in [7, 11) is 1.62. The minimum absolute atomic E-state index is 0.0728. The molecule has 0 spiro atoms. The Balaban J connectivity index is 4.06. The highest BCUT2D eigenvalue weighted by molar-refractivity contribution is 7.47. The number of hydrogen-bond donors (Lipinski definition) is 3. The number of nitrogens with zero attached hydrogens (tertiary/aromatic N) is 1. The lowest BCUT2D eigenvalue weighted by Crippen LogP contribution is -2.46. The van der Waals surface area contributed by atoms with E-state index < -0.39 is 20.0 Å². The number of phosphoric acid groups is 1. The average Bonchev–Trinajstić information content (AvgIpc) is 3.30. The molecule has 0 bridgehead atoms. The second-order valence-electron chi connectivity index (χ2n) is 21.7. The van der Waals surface area contributed by atoms with Gasteiger partial charge >= 0.3 is 7.82 Å². The summed E-state index contributed by atoms with van der Waals surface area (Å²) in [6.45, 7) is 4.89. The van der Waals surface area contributed by atoms with Crippen molar-refractivity contribution in [1.82, 2.24) is 5.32 Å². The predicted octanol–water partition coefficient (Wildman–Crippen LogP) is 18.0. The third kappa shape index (κ3) is 52.8. The van der Waals surface area contributed by atoms with Gasteiger partial charge < -0.3 is 19.8 Å². The number of carbonyl (C=O) groups is 1. The lowest BCUT2D eigenvalue weighted by atomic mass is 10.0. The number of unbranched alkanes of at least 4 members (excludes halogenated alkanes) is 38. The van der Waals surface area contributed by atoms with Crippen LogP contribution in [0.1, 0.15) is 296 Å². The largest absolute Gasteiger partial charge is 0.472 e. The molecule has 0 radical (unpaired) electrons. The van der Waals surface area contributed by atoms with Crippen LogP contribution in [0.2, 0.25) is 0 Å². The van der Waals surface area contributed by atoms with Gasteiger partial charge in [0.1, 0.15) is 13.2 Å². The van der Waals surface area contributed by atoms with Crippen molar-refractivity contribution in [2.24, 2.45) is 0 Å². The van der Waals surface area contributed by atoms with Crippen LogP contribution in [0.4, 0.5) is 0 Å². The fourth-order valence-electron chi connectivity index (χ4n) is 9.02. The topological polar surface area (TPSA) is 105 Å². The number of phosphoric ester groups is 1. The number of allylic oxidation sites excluding steroid dienone is 4. The summed E-state index contributed by atoms with van der Waals surface area (Å²) in [6.07, 6.45) is 63.9. The van der Waals surface area contributed by atoms with Gasteiger partial charge in [-0.25, -0.2) is 4.57 Å². The summed E-state index contributed by atoms with van der Waals surface area (Å²) < 4.78 is 23.8. The van der Waals surface area contributed by atoms with Crippen molar-refractivity contribution in [2.45, 2.75) is 309 Å². The third-order valence-electron chi connectivity index (χ3n) is 13.7. The molecule has 0 heterocycles. The molecule has 0 aromatic heterocycles. The lowest BCUT2D eigenvalue weighted by Gasteiger charge is -2.26. The fourth-order valence-corrected chi connectivity index (χ4v) is 9.76. The number of quaternary nitrogens is 1. The Morgan fingerprint density at radius 3 is 1.22 bits per heavy atom. The number of aliphatic hydroxyl groups excluding tert-OH is 1. The standard InChI is InChI=1S/C59H117N2O6P/c1-6-8-10-12-14-16-18-20-22-24-25-26-27-28-29-30-31-32-33-34-35-36-37-38-40-42-44-46-48-50-52-58(62)57(56-67-68(64,65)66-55-54-61(3,4)5)60-59(63)53-51-49-47-45-43-41-39-23-21-19-17-15-13-11-9-7-2/h17,19,23,39,57-58,62H,6-16,18,20-22,24-38,40-56H2,1-5H3,(H-,60,63,64,65)/p+1/b19-17-,39-23-.